The molecule has 134 valence electrons. The Morgan fingerprint density at radius 3 is 2.73 bits per heavy atom. The maximum absolute atomic E-state index is 5.95. The second-order valence-corrected chi connectivity index (χ2v) is 6.96. The second kappa shape index (κ2) is 8.24. The second-order valence-electron chi connectivity index (χ2n) is 5.58. The van der Waals surface area contributed by atoms with E-state index >= 15 is 0 Å². The zero-order valence-electron chi connectivity index (χ0n) is 13.9. The summed E-state index contributed by atoms with van der Waals surface area (Å²) in [6, 6.07) is 15.7. The van der Waals surface area contributed by atoms with E-state index in [2.05, 4.69) is 10.2 Å². The van der Waals surface area contributed by atoms with Gasteiger partial charge in [0.25, 0.3) is 0 Å². The van der Waals surface area contributed by atoms with Crippen molar-refractivity contribution < 1.29 is 4.74 Å². The Hall–Kier alpha value is -1.83. The minimum absolute atomic E-state index is 0. The van der Waals surface area contributed by atoms with Gasteiger partial charge in [-0.3, -0.25) is 0 Å². The van der Waals surface area contributed by atoms with Gasteiger partial charge < -0.3 is 4.74 Å². The lowest BCUT2D eigenvalue weighted by atomic mass is 10.1. The number of benzene rings is 2. The Balaban J connectivity index is 0.00000196. The standard InChI is InChI=1S/C18H15ClN4OS.BrH/c1-24-15-4-2-3-13(10-15)16-11-25-18-21-20-17(23(18)22-16)9-12-5-7-14(19)8-6-12;/h2-8,10H,9,11H2,1H3;1H. The van der Waals surface area contributed by atoms with Gasteiger partial charge in [-0.1, -0.05) is 47.6 Å². The van der Waals surface area contributed by atoms with Crippen molar-refractivity contribution in [1.29, 1.82) is 0 Å². The van der Waals surface area contributed by atoms with Gasteiger partial charge in [-0.15, -0.1) is 27.2 Å². The van der Waals surface area contributed by atoms with Crippen LogP contribution in [0.15, 0.2) is 58.8 Å². The summed E-state index contributed by atoms with van der Waals surface area (Å²) >= 11 is 7.59. The summed E-state index contributed by atoms with van der Waals surface area (Å²) in [5.74, 6) is 2.39. The summed E-state index contributed by atoms with van der Waals surface area (Å²) in [5.41, 5.74) is 3.14. The van der Waals surface area contributed by atoms with Crippen LogP contribution < -0.4 is 4.74 Å². The zero-order valence-corrected chi connectivity index (χ0v) is 17.2. The van der Waals surface area contributed by atoms with Gasteiger partial charge in [-0.25, -0.2) is 0 Å². The number of fused-ring (bicyclic) bond motifs is 1. The maximum atomic E-state index is 5.95. The number of hydrogen-bond acceptors (Lipinski definition) is 5. The summed E-state index contributed by atoms with van der Waals surface area (Å²) in [7, 11) is 1.67. The van der Waals surface area contributed by atoms with Gasteiger partial charge in [0.15, 0.2) is 5.82 Å². The number of aromatic nitrogens is 3. The first-order valence-electron chi connectivity index (χ1n) is 7.77. The summed E-state index contributed by atoms with van der Waals surface area (Å²) < 4.78 is 7.14. The summed E-state index contributed by atoms with van der Waals surface area (Å²) in [5, 5.41) is 14.9. The Morgan fingerprint density at radius 2 is 1.96 bits per heavy atom. The van der Waals surface area contributed by atoms with Gasteiger partial charge in [0.2, 0.25) is 5.16 Å². The average Bonchev–Trinajstić information content (AvgIpc) is 3.06. The fourth-order valence-electron chi connectivity index (χ4n) is 2.61. The quantitative estimate of drug-likeness (QED) is 0.587. The fourth-order valence-corrected chi connectivity index (χ4v) is 3.59. The molecule has 0 fully saturated rings. The third-order valence-electron chi connectivity index (χ3n) is 3.91. The van der Waals surface area contributed by atoms with E-state index in [9.17, 15) is 0 Å². The molecule has 2 heterocycles. The van der Waals surface area contributed by atoms with Gasteiger partial charge in [-0.2, -0.15) is 9.78 Å². The van der Waals surface area contributed by atoms with E-state index < -0.39 is 0 Å². The molecule has 8 heteroatoms. The van der Waals surface area contributed by atoms with Gasteiger partial charge in [0, 0.05) is 22.8 Å². The molecule has 0 amide bonds. The first-order valence-corrected chi connectivity index (χ1v) is 9.13. The van der Waals surface area contributed by atoms with Crippen LogP contribution in [0, 0.1) is 0 Å². The lowest BCUT2D eigenvalue weighted by molar-refractivity contribution is 0.414. The first kappa shape index (κ1) is 18.9. The molecule has 0 saturated carbocycles. The van der Waals surface area contributed by atoms with Gasteiger partial charge in [-0.05, 0) is 29.8 Å². The number of nitrogens with zero attached hydrogens (tertiary/aromatic N) is 4. The Morgan fingerprint density at radius 1 is 1.15 bits per heavy atom. The third-order valence-corrected chi connectivity index (χ3v) is 5.10. The monoisotopic (exact) mass is 450 g/mol. The largest absolute Gasteiger partial charge is 0.497 e. The van der Waals surface area contributed by atoms with Gasteiger partial charge in [0.1, 0.15) is 5.75 Å². The molecule has 2 aromatic carbocycles. The molecule has 0 N–H and O–H groups in total. The van der Waals surface area contributed by atoms with E-state index in [4.69, 9.17) is 21.4 Å². The Bertz CT molecular complexity index is 943. The number of hydrogen-bond donors (Lipinski definition) is 0. The molecule has 26 heavy (non-hydrogen) atoms. The molecule has 5 nitrogen and oxygen atoms in total. The highest BCUT2D eigenvalue weighted by Gasteiger charge is 2.20. The SMILES string of the molecule is Br.COc1cccc(C2=Nn3c(Cc4ccc(Cl)cc4)nnc3SC2)c1. The van der Waals surface area contributed by atoms with Crippen molar-refractivity contribution in [2.45, 2.75) is 11.6 Å². The molecule has 0 saturated heterocycles. The van der Waals surface area contributed by atoms with Crippen molar-refractivity contribution in [3.05, 3.63) is 70.5 Å². The van der Waals surface area contributed by atoms with Crippen LogP contribution in [-0.2, 0) is 6.42 Å². The fraction of sp³-hybridized carbons (Fsp3) is 0.167. The first-order chi connectivity index (χ1) is 12.2. The van der Waals surface area contributed by atoms with Crippen molar-refractivity contribution in [3.8, 4) is 5.75 Å². The molecule has 4 rings (SSSR count). The Labute approximate surface area is 171 Å². The summed E-state index contributed by atoms with van der Waals surface area (Å²) in [6.07, 6.45) is 0.652. The molecule has 1 aromatic heterocycles. The molecule has 0 atom stereocenters. The van der Waals surface area contributed by atoms with Crippen molar-refractivity contribution in [2.75, 3.05) is 12.9 Å². The van der Waals surface area contributed by atoms with Crippen molar-refractivity contribution in [1.82, 2.24) is 14.9 Å². The zero-order chi connectivity index (χ0) is 17.2. The van der Waals surface area contributed by atoms with Crippen molar-refractivity contribution in [3.63, 3.8) is 0 Å². The number of ether oxygens (including phenoxy) is 1. The van der Waals surface area contributed by atoms with Crippen LogP contribution in [0.1, 0.15) is 17.0 Å². The van der Waals surface area contributed by atoms with Crippen LogP contribution >= 0.6 is 40.3 Å². The summed E-state index contributed by atoms with van der Waals surface area (Å²) in [4.78, 5) is 0. The smallest absolute Gasteiger partial charge is 0.212 e. The van der Waals surface area contributed by atoms with Crippen LogP contribution in [0.4, 0.5) is 0 Å². The van der Waals surface area contributed by atoms with E-state index in [-0.39, 0.29) is 17.0 Å². The van der Waals surface area contributed by atoms with E-state index in [0.29, 0.717) is 6.42 Å². The third kappa shape index (κ3) is 3.95. The number of halogens is 2. The topological polar surface area (TPSA) is 52.3 Å². The van der Waals surface area contributed by atoms with Crippen LogP contribution in [0.5, 0.6) is 5.75 Å². The molecule has 0 bridgehead atoms. The molecule has 0 unspecified atom stereocenters. The predicted molar refractivity (Wildman–Crippen MR) is 110 cm³/mol. The van der Waals surface area contributed by atoms with Crippen molar-refractivity contribution in [2.24, 2.45) is 5.10 Å². The molecular formula is C18H16BrClN4OS. The maximum Gasteiger partial charge on any atom is 0.212 e. The van der Waals surface area contributed by atoms with Crippen molar-refractivity contribution >= 4 is 46.1 Å². The molecule has 1 aliphatic rings. The van der Waals surface area contributed by atoms with Crippen LogP contribution in [-0.4, -0.2) is 33.4 Å². The molecule has 0 radical (unpaired) electrons. The van der Waals surface area contributed by atoms with Crippen LogP contribution in [0.25, 0.3) is 0 Å². The molecule has 1 aliphatic heterocycles. The average molecular weight is 452 g/mol. The normalized spacial score (nSPS) is 12.8. The van der Waals surface area contributed by atoms with E-state index in [1.807, 2.05) is 53.2 Å². The molecule has 0 aliphatic carbocycles. The predicted octanol–water partition coefficient (Wildman–Crippen LogP) is 4.47. The number of methoxy groups -OCH3 is 1. The molecule has 3 aromatic rings. The van der Waals surface area contributed by atoms with Gasteiger partial charge >= 0.3 is 0 Å². The highest BCUT2D eigenvalue weighted by molar-refractivity contribution is 8.93. The minimum atomic E-state index is 0. The Kier molecular flexibility index (Phi) is 6.01. The highest BCUT2D eigenvalue weighted by atomic mass is 79.9. The number of thioether (sulfide) groups is 1. The lowest BCUT2D eigenvalue weighted by Gasteiger charge is -2.14. The van der Waals surface area contributed by atoms with Crippen LogP contribution in [0.2, 0.25) is 5.02 Å². The van der Waals surface area contributed by atoms with E-state index in [1.165, 1.54) is 0 Å². The van der Waals surface area contributed by atoms with Crippen LogP contribution in [0.3, 0.4) is 0 Å². The molecule has 0 spiro atoms. The lowest BCUT2D eigenvalue weighted by Crippen LogP contribution is -2.14. The number of rotatable bonds is 4. The van der Waals surface area contributed by atoms with E-state index in [0.717, 1.165) is 44.3 Å². The van der Waals surface area contributed by atoms with Gasteiger partial charge in [0.05, 0.1) is 12.8 Å². The minimum Gasteiger partial charge on any atom is -0.497 e. The van der Waals surface area contributed by atoms with E-state index in [1.54, 1.807) is 18.9 Å². The summed E-state index contributed by atoms with van der Waals surface area (Å²) in [6.45, 7) is 0. The molecular weight excluding hydrogens is 436 g/mol. The highest BCUT2D eigenvalue weighted by Crippen LogP contribution is 2.26.